The molecule has 0 spiro atoms. The smallest absolute Gasteiger partial charge is 0.263 e. The molecule has 1 aromatic carbocycles. The maximum Gasteiger partial charge on any atom is 0.263 e. The van der Waals surface area contributed by atoms with Gasteiger partial charge in [-0.25, -0.2) is 8.78 Å². The molecule has 3 unspecified atom stereocenters. The molecule has 0 aliphatic heterocycles. The van der Waals surface area contributed by atoms with E-state index in [0.29, 0.717) is 24.3 Å². The number of halogens is 2. The third-order valence-corrected chi connectivity index (χ3v) is 4.48. The van der Waals surface area contributed by atoms with Crippen LogP contribution >= 0.6 is 0 Å². The normalized spacial score (nSPS) is 27.5. The van der Waals surface area contributed by atoms with Crippen molar-refractivity contribution in [1.29, 1.82) is 5.26 Å². The van der Waals surface area contributed by atoms with E-state index in [9.17, 15) is 19.1 Å². The highest BCUT2D eigenvalue weighted by atomic mass is 19.3. The molecule has 1 aromatic rings. The highest BCUT2D eigenvalue weighted by Crippen LogP contribution is 2.50. The Morgan fingerprint density at radius 2 is 1.95 bits per heavy atom. The summed E-state index contributed by atoms with van der Waals surface area (Å²) in [5, 5.41) is 20.0. The summed E-state index contributed by atoms with van der Waals surface area (Å²) in [6.07, 6.45) is -0.133. The average molecular weight is 279 g/mol. The second-order valence-electron chi connectivity index (χ2n) is 5.65. The van der Waals surface area contributed by atoms with E-state index >= 15 is 0 Å². The molecule has 20 heavy (non-hydrogen) atoms. The first-order valence-electron chi connectivity index (χ1n) is 6.99. The first-order valence-corrected chi connectivity index (χ1v) is 6.99. The molecule has 1 N–H and O–H groups in total. The van der Waals surface area contributed by atoms with Gasteiger partial charge in [0.15, 0.2) is 0 Å². The van der Waals surface area contributed by atoms with E-state index in [1.165, 1.54) is 24.3 Å². The summed E-state index contributed by atoms with van der Waals surface area (Å²) in [6.45, 7) is 2.09. The summed E-state index contributed by atoms with van der Waals surface area (Å²) in [7, 11) is 0. The van der Waals surface area contributed by atoms with Gasteiger partial charge in [-0.3, -0.25) is 0 Å². The van der Waals surface area contributed by atoms with Gasteiger partial charge in [0, 0.05) is 5.56 Å². The van der Waals surface area contributed by atoms with E-state index in [-0.39, 0.29) is 5.56 Å². The summed E-state index contributed by atoms with van der Waals surface area (Å²) in [4.78, 5) is 0. The van der Waals surface area contributed by atoms with E-state index < -0.39 is 17.9 Å². The molecule has 3 atom stereocenters. The maximum absolute atomic E-state index is 12.5. The largest absolute Gasteiger partial charge is 0.387 e. The molecule has 1 aliphatic rings. The van der Waals surface area contributed by atoms with Gasteiger partial charge in [0.05, 0.1) is 17.6 Å². The lowest BCUT2D eigenvalue weighted by atomic mass is 9.77. The SMILES string of the molecule is CCC1CCC(C#N)(C(O)c2ccc(C(F)F)cc2)C1. The number of alkyl halides is 2. The lowest BCUT2D eigenvalue weighted by molar-refractivity contribution is 0.0639. The predicted octanol–water partition coefficient (Wildman–Crippen LogP) is 4.38. The van der Waals surface area contributed by atoms with Crippen LogP contribution in [0.3, 0.4) is 0 Å². The van der Waals surface area contributed by atoms with Gasteiger partial charge >= 0.3 is 0 Å². The molecule has 108 valence electrons. The van der Waals surface area contributed by atoms with Crippen LogP contribution in [-0.4, -0.2) is 5.11 Å². The van der Waals surface area contributed by atoms with Crippen LogP contribution in [-0.2, 0) is 0 Å². The van der Waals surface area contributed by atoms with Crippen molar-refractivity contribution in [1.82, 2.24) is 0 Å². The van der Waals surface area contributed by atoms with Crippen LogP contribution in [0.5, 0.6) is 0 Å². The van der Waals surface area contributed by atoms with Crippen molar-refractivity contribution in [3.63, 3.8) is 0 Å². The second kappa shape index (κ2) is 5.88. The molecule has 2 rings (SSSR count). The molecule has 0 radical (unpaired) electrons. The van der Waals surface area contributed by atoms with Gasteiger partial charge in [-0.15, -0.1) is 0 Å². The summed E-state index contributed by atoms with van der Waals surface area (Å²) in [5.74, 6) is 0.463. The van der Waals surface area contributed by atoms with Crippen molar-refractivity contribution in [2.24, 2.45) is 11.3 Å². The van der Waals surface area contributed by atoms with Gasteiger partial charge in [-0.1, -0.05) is 37.6 Å². The Balaban J connectivity index is 2.21. The molecule has 1 aliphatic carbocycles. The first kappa shape index (κ1) is 14.9. The van der Waals surface area contributed by atoms with E-state index in [1.54, 1.807) is 0 Å². The zero-order valence-electron chi connectivity index (χ0n) is 11.5. The van der Waals surface area contributed by atoms with Gasteiger partial charge < -0.3 is 5.11 Å². The topological polar surface area (TPSA) is 44.0 Å². The Bertz CT molecular complexity index is 494. The summed E-state index contributed by atoms with van der Waals surface area (Å²) in [5.41, 5.74) is -0.287. The van der Waals surface area contributed by atoms with Gasteiger partial charge in [0.25, 0.3) is 6.43 Å². The van der Waals surface area contributed by atoms with Gasteiger partial charge in [0.1, 0.15) is 0 Å². The van der Waals surface area contributed by atoms with Crippen LogP contribution in [0.4, 0.5) is 8.78 Å². The fraction of sp³-hybridized carbons (Fsp3) is 0.562. The number of hydrogen-bond donors (Lipinski definition) is 1. The highest BCUT2D eigenvalue weighted by molar-refractivity contribution is 5.28. The van der Waals surface area contributed by atoms with Crippen molar-refractivity contribution in [2.45, 2.75) is 45.1 Å². The number of aliphatic hydroxyl groups is 1. The zero-order valence-corrected chi connectivity index (χ0v) is 11.5. The molecule has 4 heteroatoms. The minimum atomic E-state index is -2.51. The number of hydrogen-bond acceptors (Lipinski definition) is 2. The lowest BCUT2D eigenvalue weighted by Crippen LogP contribution is -2.24. The van der Waals surface area contributed by atoms with Crippen LogP contribution in [0.25, 0.3) is 0 Å². The average Bonchev–Trinajstić information content (AvgIpc) is 2.91. The minimum absolute atomic E-state index is 0.0650. The number of nitriles is 1. The van der Waals surface area contributed by atoms with Gasteiger partial charge in [-0.05, 0) is 30.7 Å². The molecule has 1 saturated carbocycles. The third kappa shape index (κ3) is 2.69. The quantitative estimate of drug-likeness (QED) is 0.889. The second-order valence-corrected chi connectivity index (χ2v) is 5.65. The van der Waals surface area contributed by atoms with Crippen LogP contribution in [0.1, 0.15) is 56.3 Å². The predicted molar refractivity (Wildman–Crippen MR) is 72.0 cm³/mol. The van der Waals surface area contributed by atoms with Crippen molar-refractivity contribution >= 4 is 0 Å². The minimum Gasteiger partial charge on any atom is -0.387 e. The molecule has 0 amide bonds. The van der Waals surface area contributed by atoms with Crippen molar-refractivity contribution < 1.29 is 13.9 Å². The Hall–Kier alpha value is -1.47. The Labute approximate surface area is 118 Å². The summed E-state index contributed by atoms with van der Waals surface area (Å²) < 4.78 is 25.0. The Morgan fingerprint density at radius 3 is 2.40 bits per heavy atom. The summed E-state index contributed by atoms with van der Waals surface area (Å²) >= 11 is 0. The van der Waals surface area contributed by atoms with Crippen LogP contribution in [0.2, 0.25) is 0 Å². The first-order chi connectivity index (χ1) is 9.52. The van der Waals surface area contributed by atoms with Gasteiger partial charge in [0.2, 0.25) is 0 Å². The molecule has 2 nitrogen and oxygen atoms in total. The van der Waals surface area contributed by atoms with Crippen LogP contribution < -0.4 is 0 Å². The van der Waals surface area contributed by atoms with E-state index in [4.69, 9.17) is 0 Å². The van der Waals surface area contributed by atoms with E-state index in [0.717, 1.165) is 12.8 Å². The van der Waals surface area contributed by atoms with Gasteiger partial charge in [-0.2, -0.15) is 5.26 Å². The molecule has 0 heterocycles. The monoisotopic (exact) mass is 279 g/mol. The number of nitrogens with zero attached hydrogens (tertiary/aromatic N) is 1. The lowest BCUT2D eigenvalue weighted by Gasteiger charge is -2.28. The number of benzene rings is 1. The van der Waals surface area contributed by atoms with Crippen molar-refractivity contribution in [3.05, 3.63) is 35.4 Å². The molecule has 0 bridgehead atoms. The maximum atomic E-state index is 12.5. The Kier molecular flexibility index (Phi) is 4.39. The molecular weight excluding hydrogens is 260 g/mol. The Morgan fingerprint density at radius 1 is 1.35 bits per heavy atom. The van der Waals surface area contributed by atoms with Crippen molar-refractivity contribution in [2.75, 3.05) is 0 Å². The molecule has 0 saturated heterocycles. The van der Waals surface area contributed by atoms with Crippen molar-refractivity contribution in [3.8, 4) is 6.07 Å². The highest BCUT2D eigenvalue weighted by Gasteiger charge is 2.45. The van der Waals surface area contributed by atoms with E-state index in [1.807, 2.05) is 0 Å². The standard InChI is InChI=1S/C16H19F2NO/c1-2-11-7-8-16(9-11,10-19)14(20)12-3-5-13(6-4-12)15(17)18/h3-6,11,14-15,20H,2,7-9H2,1H3. The number of rotatable bonds is 4. The van der Waals surface area contributed by atoms with E-state index in [2.05, 4.69) is 13.0 Å². The third-order valence-electron chi connectivity index (χ3n) is 4.48. The molecule has 1 fully saturated rings. The summed E-state index contributed by atoms with van der Waals surface area (Å²) in [6, 6.07) is 7.93. The zero-order chi connectivity index (χ0) is 14.8. The number of aliphatic hydroxyl groups excluding tert-OH is 1. The fourth-order valence-corrected chi connectivity index (χ4v) is 3.08. The fourth-order valence-electron chi connectivity index (χ4n) is 3.08. The molecule has 0 aromatic heterocycles. The van der Waals surface area contributed by atoms with Crippen LogP contribution in [0.15, 0.2) is 24.3 Å². The molecular formula is C16H19F2NO. The van der Waals surface area contributed by atoms with Crippen LogP contribution in [0, 0.1) is 22.7 Å².